The molecular weight excluding hydrogens is 252 g/mol. The number of aryl methyl sites for hydroxylation is 1. The highest BCUT2D eigenvalue weighted by Crippen LogP contribution is 2.13. The monoisotopic (exact) mass is 276 g/mol. The third-order valence-electron chi connectivity index (χ3n) is 3.83. The minimum atomic E-state index is -0.132. The number of morpholine rings is 1. The molecule has 0 aliphatic carbocycles. The van der Waals surface area contributed by atoms with Crippen LogP contribution < -0.4 is 5.32 Å². The summed E-state index contributed by atoms with van der Waals surface area (Å²) in [6, 6.07) is 7.90. The maximum Gasteiger partial charge on any atom is 0.241 e. The van der Waals surface area contributed by atoms with Gasteiger partial charge in [-0.05, 0) is 38.0 Å². The molecule has 1 amide bonds. The number of amides is 1. The van der Waals surface area contributed by atoms with Gasteiger partial charge >= 0.3 is 0 Å². The molecule has 0 aromatic heterocycles. The topological polar surface area (TPSA) is 41.6 Å². The summed E-state index contributed by atoms with van der Waals surface area (Å²) in [7, 11) is 0. The predicted molar refractivity (Wildman–Crippen MR) is 80.9 cm³/mol. The van der Waals surface area contributed by atoms with Crippen molar-refractivity contribution in [3.05, 3.63) is 29.8 Å². The molecule has 1 aromatic carbocycles. The fourth-order valence-corrected chi connectivity index (χ4v) is 2.43. The van der Waals surface area contributed by atoms with Crippen molar-refractivity contribution in [2.24, 2.45) is 0 Å². The summed E-state index contributed by atoms with van der Waals surface area (Å²) in [4.78, 5) is 14.4. The first-order valence-electron chi connectivity index (χ1n) is 7.35. The number of hydrogen-bond acceptors (Lipinski definition) is 3. The highest BCUT2D eigenvalue weighted by Gasteiger charge is 2.25. The van der Waals surface area contributed by atoms with Gasteiger partial charge in [0, 0.05) is 18.8 Å². The van der Waals surface area contributed by atoms with Crippen LogP contribution in [0.2, 0.25) is 0 Å². The van der Waals surface area contributed by atoms with Crippen molar-refractivity contribution in [2.45, 2.75) is 39.3 Å². The summed E-state index contributed by atoms with van der Waals surface area (Å²) < 4.78 is 5.51. The predicted octanol–water partition coefficient (Wildman–Crippen LogP) is 2.30. The van der Waals surface area contributed by atoms with Crippen LogP contribution in [0.3, 0.4) is 0 Å². The molecule has 1 N–H and O–H groups in total. The molecule has 0 saturated carbocycles. The van der Waals surface area contributed by atoms with E-state index in [0.717, 1.165) is 25.2 Å². The number of ether oxygens (including phenoxy) is 1. The number of benzene rings is 1. The second-order valence-corrected chi connectivity index (χ2v) is 5.39. The van der Waals surface area contributed by atoms with Crippen LogP contribution in [-0.2, 0) is 16.0 Å². The number of rotatable bonds is 4. The normalized spacial score (nSPS) is 21.4. The van der Waals surface area contributed by atoms with Crippen molar-refractivity contribution in [3.63, 3.8) is 0 Å². The number of carbonyl (C=O) groups is 1. The van der Waals surface area contributed by atoms with Crippen molar-refractivity contribution < 1.29 is 9.53 Å². The Morgan fingerprint density at radius 3 is 2.75 bits per heavy atom. The summed E-state index contributed by atoms with van der Waals surface area (Å²) in [5, 5.41) is 2.98. The zero-order valence-electron chi connectivity index (χ0n) is 12.6. The first-order chi connectivity index (χ1) is 9.60. The van der Waals surface area contributed by atoms with Crippen LogP contribution in [0.25, 0.3) is 0 Å². The fraction of sp³-hybridized carbons (Fsp3) is 0.562. The molecule has 1 aromatic rings. The molecule has 1 aliphatic heterocycles. The average Bonchev–Trinajstić information content (AvgIpc) is 2.47. The largest absolute Gasteiger partial charge is 0.376 e. The SMILES string of the molecule is CCc1ccc(NC(=O)C(C)N2CCOC(C)C2)cc1. The maximum absolute atomic E-state index is 12.3. The number of hydrogen-bond donors (Lipinski definition) is 1. The van der Waals surface area contributed by atoms with E-state index >= 15 is 0 Å². The smallest absolute Gasteiger partial charge is 0.241 e. The standard InChI is InChI=1S/C16H24N2O2/c1-4-14-5-7-15(8-6-14)17-16(19)13(3)18-9-10-20-12(2)11-18/h5-8,12-13H,4,9-11H2,1-3H3,(H,17,19). The molecule has 4 heteroatoms. The van der Waals surface area contributed by atoms with E-state index in [4.69, 9.17) is 4.74 Å². The third-order valence-corrected chi connectivity index (χ3v) is 3.83. The van der Waals surface area contributed by atoms with E-state index in [1.54, 1.807) is 0 Å². The molecule has 1 fully saturated rings. The van der Waals surface area contributed by atoms with Gasteiger partial charge in [0.05, 0.1) is 18.8 Å². The molecule has 20 heavy (non-hydrogen) atoms. The van der Waals surface area contributed by atoms with E-state index in [-0.39, 0.29) is 18.1 Å². The van der Waals surface area contributed by atoms with E-state index in [2.05, 4.69) is 29.3 Å². The molecule has 1 aliphatic rings. The van der Waals surface area contributed by atoms with E-state index in [9.17, 15) is 4.79 Å². The second-order valence-electron chi connectivity index (χ2n) is 5.39. The first-order valence-corrected chi connectivity index (χ1v) is 7.35. The number of nitrogens with one attached hydrogen (secondary N) is 1. The van der Waals surface area contributed by atoms with Crippen LogP contribution in [0, 0.1) is 0 Å². The van der Waals surface area contributed by atoms with Crippen molar-refractivity contribution in [2.75, 3.05) is 25.0 Å². The van der Waals surface area contributed by atoms with Crippen LogP contribution >= 0.6 is 0 Å². The average molecular weight is 276 g/mol. The second kappa shape index (κ2) is 6.86. The Kier molecular flexibility index (Phi) is 5.15. The molecule has 0 spiro atoms. The van der Waals surface area contributed by atoms with Crippen LogP contribution in [0.4, 0.5) is 5.69 Å². The molecule has 1 saturated heterocycles. The zero-order valence-corrected chi connectivity index (χ0v) is 12.6. The van der Waals surface area contributed by atoms with Crippen molar-refractivity contribution in [1.29, 1.82) is 0 Å². The first kappa shape index (κ1) is 15.0. The highest BCUT2D eigenvalue weighted by molar-refractivity contribution is 5.94. The highest BCUT2D eigenvalue weighted by atomic mass is 16.5. The Bertz CT molecular complexity index is 444. The molecule has 110 valence electrons. The lowest BCUT2D eigenvalue weighted by molar-refractivity contribution is -0.123. The molecule has 2 unspecified atom stereocenters. The third kappa shape index (κ3) is 3.81. The molecule has 0 bridgehead atoms. The van der Waals surface area contributed by atoms with Gasteiger partial charge in [0.1, 0.15) is 0 Å². The summed E-state index contributed by atoms with van der Waals surface area (Å²) in [6.45, 7) is 8.43. The van der Waals surface area contributed by atoms with Crippen LogP contribution in [0.5, 0.6) is 0 Å². The maximum atomic E-state index is 12.3. The molecule has 2 atom stereocenters. The van der Waals surface area contributed by atoms with Gasteiger partial charge in [-0.1, -0.05) is 19.1 Å². The Hall–Kier alpha value is -1.39. The molecule has 2 rings (SSSR count). The lowest BCUT2D eigenvalue weighted by Gasteiger charge is -2.34. The zero-order chi connectivity index (χ0) is 14.5. The Labute approximate surface area is 121 Å². The van der Waals surface area contributed by atoms with Crippen molar-refractivity contribution in [3.8, 4) is 0 Å². The molecule has 0 radical (unpaired) electrons. The van der Waals surface area contributed by atoms with E-state index in [1.807, 2.05) is 26.0 Å². The lowest BCUT2D eigenvalue weighted by Crippen LogP contribution is -2.50. The van der Waals surface area contributed by atoms with Gasteiger partial charge in [0.25, 0.3) is 0 Å². The van der Waals surface area contributed by atoms with Crippen molar-refractivity contribution in [1.82, 2.24) is 4.90 Å². The fourth-order valence-electron chi connectivity index (χ4n) is 2.43. The molecular formula is C16H24N2O2. The minimum absolute atomic E-state index is 0.0448. The quantitative estimate of drug-likeness (QED) is 0.917. The van der Waals surface area contributed by atoms with Crippen molar-refractivity contribution >= 4 is 11.6 Å². The van der Waals surface area contributed by atoms with Crippen LogP contribution in [0.15, 0.2) is 24.3 Å². The Morgan fingerprint density at radius 1 is 1.45 bits per heavy atom. The molecule has 4 nitrogen and oxygen atoms in total. The van der Waals surface area contributed by atoms with Gasteiger partial charge in [-0.25, -0.2) is 0 Å². The summed E-state index contributed by atoms with van der Waals surface area (Å²) in [6.07, 6.45) is 1.21. The number of anilines is 1. The number of nitrogens with zero attached hydrogens (tertiary/aromatic N) is 1. The molecule has 1 heterocycles. The van der Waals surface area contributed by atoms with E-state index < -0.39 is 0 Å². The lowest BCUT2D eigenvalue weighted by atomic mass is 10.1. The van der Waals surface area contributed by atoms with Crippen LogP contribution in [0.1, 0.15) is 26.3 Å². The summed E-state index contributed by atoms with van der Waals surface area (Å²) in [5.74, 6) is 0.0448. The van der Waals surface area contributed by atoms with Gasteiger partial charge in [0.2, 0.25) is 5.91 Å². The Morgan fingerprint density at radius 2 is 2.15 bits per heavy atom. The van der Waals surface area contributed by atoms with Gasteiger partial charge in [-0.3, -0.25) is 9.69 Å². The summed E-state index contributed by atoms with van der Waals surface area (Å²) >= 11 is 0. The number of carbonyl (C=O) groups excluding carboxylic acids is 1. The van der Waals surface area contributed by atoms with Gasteiger partial charge in [-0.15, -0.1) is 0 Å². The van der Waals surface area contributed by atoms with E-state index in [1.165, 1.54) is 5.56 Å². The minimum Gasteiger partial charge on any atom is -0.376 e. The summed E-state index contributed by atoms with van der Waals surface area (Å²) in [5.41, 5.74) is 2.14. The van der Waals surface area contributed by atoms with Crippen LogP contribution in [-0.4, -0.2) is 42.6 Å². The van der Waals surface area contributed by atoms with Gasteiger partial charge in [0.15, 0.2) is 0 Å². The van der Waals surface area contributed by atoms with Gasteiger partial charge < -0.3 is 10.1 Å². The van der Waals surface area contributed by atoms with E-state index in [0.29, 0.717) is 6.61 Å². The Balaban J connectivity index is 1.92. The van der Waals surface area contributed by atoms with Gasteiger partial charge in [-0.2, -0.15) is 0 Å².